The van der Waals surface area contributed by atoms with E-state index in [0.717, 1.165) is 30.7 Å². The van der Waals surface area contributed by atoms with Crippen molar-refractivity contribution in [1.82, 2.24) is 4.90 Å². The number of para-hydroxylation sites is 1. The Bertz CT molecular complexity index is 742. The number of hydrogen-bond acceptors (Lipinski definition) is 4. The Balaban J connectivity index is 1.46. The molecule has 1 aromatic carbocycles. The van der Waals surface area contributed by atoms with E-state index in [1.165, 1.54) is 0 Å². The van der Waals surface area contributed by atoms with Gasteiger partial charge < -0.3 is 19.2 Å². The summed E-state index contributed by atoms with van der Waals surface area (Å²) in [5.41, 5.74) is 1.09. The molecule has 5 heteroatoms. The van der Waals surface area contributed by atoms with Crippen molar-refractivity contribution in [2.45, 2.75) is 50.4 Å². The molecular formula is C20H23NO4. The number of furan rings is 1. The molecule has 5 nitrogen and oxygen atoms in total. The van der Waals surface area contributed by atoms with E-state index in [4.69, 9.17) is 9.15 Å². The molecule has 25 heavy (non-hydrogen) atoms. The molecule has 3 heterocycles. The second-order valence-corrected chi connectivity index (χ2v) is 6.96. The van der Waals surface area contributed by atoms with Crippen LogP contribution in [0, 0.1) is 0 Å². The lowest BCUT2D eigenvalue weighted by Gasteiger charge is -2.29. The van der Waals surface area contributed by atoms with E-state index in [1.807, 2.05) is 36.1 Å². The summed E-state index contributed by atoms with van der Waals surface area (Å²) < 4.78 is 11.2. The van der Waals surface area contributed by atoms with E-state index in [-0.39, 0.29) is 17.9 Å². The highest BCUT2D eigenvalue weighted by Gasteiger charge is 2.42. The molecule has 0 saturated carbocycles. The molecule has 1 N–H and O–H groups in total. The van der Waals surface area contributed by atoms with Gasteiger partial charge in [-0.15, -0.1) is 0 Å². The zero-order chi connectivity index (χ0) is 17.4. The number of likely N-dealkylation sites (tertiary alicyclic amines) is 1. The lowest BCUT2D eigenvalue weighted by Crippen LogP contribution is -2.45. The third kappa shape index (κ3) is 2.93. The predicted octanol–water partition coefficient (Wildman–Crippen LogP) is 3.26. The topological polar surface area (TPSA) is 62.9 Å². The van der Waals surface area contributed by atoms with Gasteiger partial charge in [-0.1, -0.05) is 25.1 Å². The maximum atomic E-state index is 13.1. The second kappa shape index (κ2) is 6.56. The number of nitrogens with zero attached hydrogens (tertiary/aromatic N) is 1. The van der Waals surface area contributed by atoms with Crippen LogP contribution in [0.25, 0.3) is 0 Å². The Hall–Kier alpha value is -2.27. The summed E-state index contributed by atoms with van der Waals surface area (Å²) in [7, 11) is 0. The van der Waals surface area contributed by atoms with Gasteiger partial charge in [0.25, 0.3) is 5.91 Å². The molecule has 4 atom stereocenters. The third-order valence-corrected chi connectivity index (χ3v) is 5.39. The summed E-state index contributed by atoms with van der Waals surface area (Å²) in [6.45, 7) is 2.76. The van der Waals surface area contributed by atoms with Crippen LogP contribution in [0.5, 0.6) is 5.75 Å². The van der Waals surface area contributed by atoms with E-state index in [1.54, 1.807) is 18.4 Å². The van der Waals surface area contributed by atoms with Gasteiger partial charge in [0.05, 0.1) is 6.26 Å². The minimum absolute atomic E-state index is 0.0205. The molecule has 1 aromatic heterocycles. The summed E-state index contributed by atoms with van der Waals surface area (Å²) in [6.07, 6.45) is 2.74. The summed E-state index contributed by atoms with van der Waals surface area (Å²) in [5.74, 6) is 1.43. The Morgan fingerprint density at radius 1 is 1.32 bits per heavy atom. The number of carbonyl (C=O) groups excluding carboxylic acids is 1. The first-order valence-corrected chi connectivity index (χ1v) is 8.92. The number of fused-ring (bicyclic) bond motifs is 1. The molecule has 1 amide bonds. The molecular weight excluding hydrogens is 318 g/mol. The number of rotatable bonds is 4. The summed E-state index contributed by atoms with van der Waals surface area (Å²) in [5, 5.41) is 10.4. The number of hydrogen-bond donors (Lipinski definition) is 1. The number of ether oxygens (including phenoxy) is 1. The van der Waals surface area contributed by atoms with Gasteiger partial charge in [0, 0.05) is 30.5 Å². The number of aliphatic hydroxyl groups is 1. The van der Waals surface area contributed by atoms with Crippen molar-refractivity contribution in [3.05, 3.63) is 54.0 Å². The third-order valence-electron chi connectivity index (χ3n) is 5.39. The van der Waals surface area contributed by atoms with Crippen LogP contribution in [0.4, 0.5) is 0 Å². The molecule has 1 fully saturated rings. The minimum Gasteiger partial charge on any atom is -0.480 e. The number of carbonyl (C=O) groups is 1. The maximum Gasteiger partial charge on any atom is 0.264 e. The zero-order valence-corrected chi connectivity index (χ0v) is 14.3. The SMILES string of the molecule is CC1c2ccccc2OC1C(=O)N1CCCC1CC(O)c1ccco1. The van der Waals surface area contributed by atoms with Gasteiger partial charge in [0.1, 0.15) is 17.6 Å². The normalized spacial score (nSPS) is 26.3. The Labute approximate surface area is 147 Å². The quantitative estimate of drug-likeness (QED) is 0.927. The fraction of sp³-hybridized carbons (Fsp3) is 0.450. The smallest absolute Gasteiger partial charge is 0.264 e. The summed E-state index contributed by atoms with van der Waals surface area (Å²) >= 11 is 0. The lowest BCUT2D eigenvalue weighted by molar-refractivity contribution is -0.140. The molecule has 0 spiro atoms. The Morgan fingerprint density at radius 3 is 2.92 bits per heavy atom. The molecule has 4 rings (SSSR count). The van der Waals surface area contributed by atoms with Crippen LogP contribution in [-0.2, 0) is 4.79 Å². The largest absolute Gasteiger partial charge is 0.480 e. The summed E-state index contributed by atoms with van der Waals surface area (Å²) in [4.78, 5) is 15.0. The predicted molar refractivity (Wildman–Crippen MR) is 92.3 cm³/mol. The maximum absolute atomic E-state index is 13.1. The highest BCUT2D eigenvalue weighted by molar-refractivity contribution is 5.84. The number of benzene rings is 1. The van der Waals surface area contributed by atoms with E-state index < -0.39 is 12.2 Å². The summed E-state index contributed by atoms with van der Waals surface area (Å²) in [6, 6.07) is 11.4. The molecule has 1 saturated heterocycles. The van der Waals surface area contributed by atoms with Crippen LogP contribution in [0.2, 0.25) is 0 Å². The average Bonchev–Trinajstić information content (AvgIpc) is 3.35. The van der Waals surface area contributed by atoms with Crippen LogP contribution in [-0.4, -0.2) is 34.6 Å². The molecule has 132 valence electrons. The lowest BCUT2D eigenvalue weighted by atomic mass is 9.96. The highest BCUT2D eigenvalue weighted by atomic mass is 16.5. The van der Waals surface area contributed by atoms with Crippen LogP contribution in [0.15, 0.2) is 47.1 Å². The molecule has 2 aliphatic heterocycles. The average molecular weight is 341 g/mol. The number of aliphatic hydroxyl groups excluding tert-OH is 1. The van der Waals surface area contributed by atoms with Gasteiger partial charge in [0.15, 0.2) is 6.10 Å². The van der Waals surface area contributed by atoms with Crippen molar-refractivity contribution in [2.75, 3.05) is 6.54 Å². The van der Waals surface area contributed by atoms with E-state index in [9.17, 15) is 9.90 Å². The fourth-order valence-electron chi connectivity index (χ4n) is 4.02. The van der Waals surface area contributed by atoms with Crippen molar-refractivity contribution < 1.29 is 19.1 Å². The van der Waals surface area contributed by atoms with Crippen molar-refractivity contribution in [3.8, 4) is 5.75 Å². The second-order valence-electron chi connectivity index (χ2n) is 6.96. The zero-order valence-electron chi connectivity index (χ0n) is 14.3. The monoisotopic (exact) mass is 341 g/mol. The van der Waals surface area contributed by atoms with Gasteiger partial charge >= 0.3 is 0 Å². The van der Waals surface area contributed by atoms with Crippen molar-refractivity contribution in [3.63, 3.8) is 0 Å². The fourth-order valence-corrected chi connectivity index (χ4v) is 4.02. The first kappa shape index (κ1) is 16.2. The highest BCUT2D eigenvalue weighted by Crippen LogP contribution is 2.39. The van der Waals surface area contributed by atoms with Gasteiger partial charge in [-0.3, -0.25) is 4.79 Å². The van der Waals surface area contributed by atoms with Crippen molar-refractivity contribution in [2.24, 2.45) is 0 Å². The van der Waals surface area contributed by atoms with Crippen LogP contribution >= 0.6 is 0 Å². The molecule has 0 radical (unpaired) electrons. The molecule has 0 bridgehead atoms. The van der Waals surface area contributed by atoms with Crippen molar-refractivity contribution >= 4 is 5.91 Å². The standard InChI is InChI=1S/C20H23NO4/c1-13-15-7-2-3-8-17(15)25-19(13)20(23)21-10-4-6-14(21)12-16(22)18-9-5-11-24-18/h2-3,5,7-9,11,13-14,16,19,22H,4,6,10,12H2,1H3. The van der Waals surface area contributed by atoms with E-state index >= 15 is 0 Å². The van der Waals surface area contributed by atoms with Gasteiger partial charge in [0.2, 0.25) is 0 Å². The molecule has 2 aromatic rings. The minimum atomic E-state index is -0.687. The first-order valence-electron chi connectivity index (χ1n) is 8.92. The van der Waals surface area contributed by atoms with E-state index in [0.29, 0.717) is 12.2 Å². The van der Waals surface area contributed by atoms with Gasteiger partial charge in [-0.05, 0) is 31.0 Å². The Kier molecular flexibility index (Phi) is 4.25. The molecule has 2 aliphatic rings. The van der Waals surface area contributed by atoms with Crippen LogP contribution < -0.4 is 4.74 Å². The first-order chi connectivity index (χ1) is 12.1. The number of amides is 1. The molecule has 0 aliphatic carbocycles. The van der Waals surface area contributed by atoms with Crippen LogP contribution in [0.1, 0.15) is 49.5 Å². The van der Waals surface area contributed by atoms with E-state index in [2.05, 4.69) is 0 Å². The van der Waals surface area contributed by atoms with Gasteiger partial charge in [-0.25, -0.2) is 0 Å². The van der Waals surface area contributed by atoms with Crippen molar-refractivity contribution in [1.29, 1.82) is 0 Å². The van der Waals surface area contributed by atoms with Crippen LogP contribution in [0.3, 0.4) is 0 Å². The van der Waals surface area contributed by atoms with Gasteiger partial charge in [-0.2, -0.15) is 0 Å². The Morgan fingerprint density at radius 2 is 2.16 bits per heavy atom. The molecule has 4 unspecified atom stereocenters.